The van der Waals surface area contributed by atoms with E-state index in [1.54, 1.807) is 7.05 Å². The number of aromatic amines is 1. The molecule has 1 aromatic heterocycles. The van der Waals surface area contributed by atoms with Gasteiger partial charge in [0.15, 0.2) is 0 Å². The molecule has 2 heterocycles. The van der Waals surface area contributed by atoms with Gasteiger partial charge in [0.1, 0.15) is 29.3 Å². The van der Waals surface area contributed by atoms with Crippen molar-refractivity contribution in [3.05, 3.63) is 11.3 Å². The molecule has 18 radical (unpaired) electrons. The summed E-state index contributed by atoms with van der Waals surface area (Å²) in [5.41, 5.74) is 1.45. The lowest BCUT2D eigenvalue weighted by atomic mass is 9.31. The van der Waals surface area contributed by atoms with Crippen LogP contribution in [0.15, 0.2) is 0 Å². The zero-order valence-corrected chi connectivity index (χ0v) is 14.8. The van der Waals surface area contributed by atoms with Crippen molar-refractivity contribution in [3.8, 4) is 5.75 Å². The van der Waals surface area contributed by atoms with Crippen LogP contribution in [0.25, 0.3) is 10.9 Å². The van der Waals surface area contributed by atoms with Crippen LogP contribution in [0.2, 0.25) is 0 Å². The number of hydrogen-bond donors (Lipinski definition) is 1. The van der Waals surface area contributed by atoms with Gasteiger partial charge in [0.25, 0.3) is 0 Å². The first-order valence-corrected chi connectivity index (χ1v) is 7.80. The van der Waals surface area contributed by atoms with Crippen molar-refractivity contribution < 1.29 is 4.74 Å². The van der Waals surface area contributed by atoms with Crippen LogP contribution in [0.1, 0.15) is 11.3 Å². The fraction of sp³-hybridized carbons (Fsp3) is 0.429. The molecule has 0 bridgehead atoms. The molecule has 1 aromatic carbocycles. The van der Waals surface area contributed by atoms with Crippen LogP contribution in [0, 0.1) is 0 Å². The summed E-state index contributed by atoms with van der Waals surface area (Å²) in [6.45, 7) is 0.0579. The highest BCUT2D eigenvalue weighted by atomic mass is 16.5. The predicted molar refractivity (Wildman–Crippen MR) is 114 cm³/mol. The van der Waals surface area contributed by atoms with Gasteiger partial charge >= 0.3 is 0 Å². The fourth-order valence-electron chi connectivity index (χ4n) is 3.59. The van der Waals surface area contributed by atoms with Crippen molar-refractivity contribution in [2.75, 3.05) is 20.7 Å². The lowest BCUT2D eigenvalue weighted by molar-refractivity contribution is 0.257. The van der Waals surface area contributed by atoms with Gasteiger partial charge in [0, 0.05) is 11.2 Å². The molecule has 2 aromatic rings. The van der Waals surface area contributed by atoms with Crippen molar-refractivity contribution in [3.63, 3.8) is 0 Å². The summed E-state index contributed by atoms with van der Waals surface area (Å²) in [6, 6.07) is 0. The second-order valence-corrected chi connectivity index (χ2v) is 6.99. The van der Waals surface area contributed by atoms with Crippen LogP contribution < -0.4 is 21.1 Å². The minimum Gasteiger partial charge on any atom is -0.498 e. The molecule has 0 saturated heterocycles. The van der Waals surface area contributed by atoms with Crippen molar-refractivity contribution in [2.45, 2.75) is 15.8 Å². The first-order chi connectivity index (χ1) is 11.8. The third-order valence-electron chi connectivity index (χ3n) is 5.19. The average molecular weight is 319 g/mol. The molecule has 26 heavy (non-hydrogen) atoms. The zero-order chi connectivity index (χ0) is 19.8. The van der Waals surface area contributed by atoms with Crippen LogP contribution >= 0.6 is 0 Å². The molecule has 3 rings (SSSR count). The van der Waals surface area contributed by atoms with E-state index in [9.17, 15) is 0 Å². The fourth-order valence-corrected chi connectivity index (χ4v) is 3.59. The lowest BCUT2D eigenvalue weighted by Crippen LogP contribution is -2.63. The molecule has 0 saturated carbocycles. The largest absolute Gasteiger partial charge is 0.498 e. The van der Waals surface area contributed by atoms with Crippen molar-refractivity contribution >= 4 is 97.9 Å². The van der Waals surface area contributed by atoms with Gasteiger partial charge in [-0.3, -0.25) is 0 Å². The van der Waals surface area contributed by atoms with Gasteiger partial charge in [-0.05, 0) is 35.2 Å². The standard InChI is InChI=1S/C14H9B9N2O/c1-25-3-12(18,19)11-5(13(20,21)14(25,22)23)4-6(15)7(16)10(26-2)8(17)9(4)24-11/h24H,3H2,1-2H3. The van der Waals surface area contributed by atoms with Gasteiger partial charge in [-0.2, -0.15) is 0 Å². The van der Waals surface area contributed by atoms with E-state index in [1.165, 1.54) is 12.0 Å². The average Bonchev–Trinajstić information content (AvgIpc) is 2.93. The molecule has 1 aliphatic heterocycles. The maximum Gasteiger partial charge on any atom is 0.121 e. The van der Waals surface area contributed by atoms with E-state index in [4.69, 9.17) is 75.4 Å². The number of likely N-dealkylation sites (N-methyl/N-ethyl adjacent to an activating group) is 1. The summed E-state index contributed by atoms with van der Waals surface area (Å²) in [4.78, 5) is 4.57. The Kier molecular flexibility index (Phi) is 4.43. The first-order valence-electron chi connectivity index (χ1n) is 7.80. The molecule has 12 heteroatoms. The molecular weight excluding hydrogens is 309 g/mol. The Morgan fingerprint density at radius 2 is 1.54 bits per heavy atom. The number of methoxy groups -OCH3 is 1. The second-order valence-electron chi connectivity index (χ2n) is 6.99. The Hall–Kier alpha value is -0.896. The van der Waals surface area contributed by atoms with Crippen LogP contribution in [0.5, 0.6) is 5.75 Å². The topological polar surface area (TPSA) is 28.3 Å². The molecular formula is C14H9B9N2O. The number of nitrogens with one attached hydrogen (secondary N) is 1. The molecule has 0 atom stereocenters. The Balaban J connectivity index is 2.56. The van der Waals surface area contributed by atoms with E-state index in [-0.39, 0.29) is 34.2 Å². The second kappa shape index (κ2) is 5.80. The summed E-state index contributed by atoms with van der Waals surface area (Å²) in [6.07, 6.45) is 0. The number of ether oxygens (including phenoxy) is 1. The van der Waals surface area contributed by atoms with Crippen LogP contribution in [0.3, 0.4) is 0 Å². The van der Waals surface area contributed by atoms with Gasteiger partial charge in [0.2, 0.25) is 0 Å². The van der Waals surface area contributed by atoms with E-state index in [2.05, 4.69) is 4.98 Å². The number of nitrogens with zero attached hydrogens (tertiary/aromatic N) is 1. The number of aromatic nitrogens is 1. The third-order valence-corrected chi connectivity index (χ3v) is 5.19. The molecule has 3 nitrogen and oxygen atoms in total. The van der Waals surface area contributed by atoms with Gasteiger partial charge < -0.3 is 14.6 Å². The molecule has 0 fully saturated rings. The number of rotatable bonds is 1. The Labute approximate surface area is 166 Å². The smallest absolute Gasteiger partial charge is 0.121 e. The summed E-state index contributed by atoms with van der Waals surface area (Å²) < 4.78 is 5.25. The van der Waals surface area contributed by atoms with Gasteiger partial charge in [-0.25, -0.2) is 0 Å². The first kappa shape index (κ1) is 19.9. The predicted octanol–water partition coefficient (Wildman–Crippen LogP) is -4.53. The summed E-state index contributed by atoms with van der Waals surface area (Å²) in [5.74, 6) is 0.217. The number of fused-ring (bicyclic) bond motifs is 3. The molecule has 108 valence electrons. The van der Waals surface area contributed by atoms with Crippen molar-refractivity contribution in [1.82, 2.24) is 9.88 Å². The Bertz CT molecular complexity index is 906. The minimum atomic E-state index is -1.79. The zero-order valence-electron chi connectivity index (χ0n) is 14.8. The minimum absolute atomic E-state index is 0.0579. The van der Waals surface area contributed by atoms with Crippen LogP contribution in [-0.2, 0) is 10.4 Å². The normalized spacial score (nSPS) is 21.2. The Morgan fingerprint density at radius 1 is 0.962 bits per heavy atom. The molecule has 1 N–H and O–H groups in total. The SMILES string of the molecule is [B]c1c(OC)c([B])c2[nH]c3c(c2c1[B])C([B])([B])C([B])([B])N(C)CC3([B])[B]. The van der Waals surface area contributed by atoms with E-state index in [0.717, 1.165) is 0 Å². The van der Waals surface area contributed by atoms with E-state index in [1.807, 2.05) is 0 Å². The van der Waals surface area contributed by atoms with E-state index >= 15 is 0 Å². The number of hydrogen-bond acceptors (Lipinski definition) is 2. The van der Waals surface area contributed by atoms with Gasteiger partial charge in [-0.15, -0.1) is 0 Å². The monoisotopic (exact) mass is 320 g/mol. The summed E-state index contributed by atoms with van der Waals surface area (Å²) >= 11 is 0. The molecule has 0 unspecified atom stereocenters. The maximum absolute atomic E-state index is 6.42. The molecule has 0 spiro atoms. The summed E-state index contributed by atoms with van der Waals surface area (Å²) in [7, 11) is 59.6. The highest BCUT2D eigenvalue weighted by Gasteiger charge is 2.48. The van der Waals surface area contributed by atoms with E-state index < -0.39 is 15.8 Å². The Morgan fingerprint density at radius 3 is 2.08 bits per heavy atom. The molecule has 0 amide bonds. The van der Waals surface area contributed by atoms with Crippen molar-refractivity contribution in [2.24, 2.45) is 0 Å². The number of benzene rings is 1. The third kappa shape index (κ3) is 2.36. The summed E-state index contributed by atoms with van der Waals surface area (Å²) in [5, 5.41) is -4.56. The molecule has 1 aliphatic rings. The van der Waals surface area contributed by atoms with Crippen LogP contribution in [0.4, 0.5) is 0 Å². The molecule has 0 aliphatic carbocycles. The van der Waals surface area contributed by atoms with E-state index in [0.29, 0.717) is 16.6 Å². The highest BCUT2D eigenvalue weighted by molar-refractivity contribution is 6.60. The highest BCUT2D eigenvalue weighted by Crippen LogP contribution is 2.42. The van der Waals surface area contributed by atoms with Crippen molar-refractivity contribution in [1.29, 1.82) is 0 Å². The number of H-pyrrole nitrogens is 1. The lowest BCUT2D eigenvalue weighted by Gasteiger charge is -2.50. The van der Waals surface area contributed by atoms with Gasteiger partial charge in [0.05, 0.1) is 54.2 Å². The van der Waals surface area contributed by atoms with Gasteiger partial charge in [-0.1, -0.05) is 21.5 Å². The maximum atomic E-state index is 6.42. The quantitative estimate of drug-likeness (QED) is 0.537. The van der Waals surface area contributed by atoms with Crippen LogP contribution in [-0.4, -0.2) is 107 Å².